The third-order valence-electron chi connectivity index (χ3n) is 3.86. The van der Waals surface area contributed by atoms with Gasteiger partial charge in [0.05, 0.1) is 7.11 Å². The third kappa shape index (κ3) is 3.82. The first-order valence-corrected chi connectivity index (χ1v) is 7.01. The van der Waals surface area contributed by atoms with Crippen molar-refractivity contribution in [3.63, 3.8) is 0 Å². The van der Waals surface area contributed by atoms with Crippen molar-refractivity contribution in [2.45, 2.75) is 25.7 Å². The average Bonchev–Trinajstić information content (AvgIpc) is 2.45. The molecule has 102 valence electrons. The highest BCUT2D eigenvalue weighted by atomic mass is 16.5. The number of likely N-dealkylation sites (tertiary alicyclic amines) is 1. The van der Waals surface area contributed by atoms with E-state index in [0.717, 1.165) is 38.2 Å². The van der Waals surface area contributed by atoms with Crippen LogP contribution in [0.25, 0.3) is 0 Å². The monoisotopic (exact) mass is 252 g/mol. The molecule has 0 aliphatic carbocycles. The lowest BCUT2D eigenvalue weighted by Gasteiger charge is -2.31. The Balaban J connectivity index is 1.73. The third-order valence-corrected chi connectivity index (χ3v) is 3.86. The SMILES string of the molecule is COC(=O)C1=CCCN(CCN2CCCCC2)C1. The molecule has 0 N–H and O–H groups in total. The van der Waals surface area contributed by atoms with Crippen molar-refractivity contribution < 1.29 is 9.53 Å². The van der Waals surface area contributed by atoms with Crippen LogP contribution in [0.1, 0.15) is 25.7 Å². The van der Waals surface area contributed by atoms with Crippen LogP contribution in [0, 0.1) is 0 Å². The van der Waals surface area contributed by atoms with E-state index in [1.165, 1.54) is 39.5 Å². The second-order valence-electron chi connectivity index (χ2n) is 5.19. The van der Waals surface area contributed by atoms with Crippen LogP contribution >= 0.6 is 0 Å². The van der Waals surface area contributed by atoms with E-state index in [-0.39, 0.29) is 5.97 Å². The molecule has 0 atom stereocenters. The van der Waals surface area contributed by atoms with Crippen molar-refractivity contribution in [3.05, 3.63) is 11.6 Å². The summed E-state index contributed by atoms with van der Waals surface area (Å²) in [5, 5.41) is 0. The zero-order valence-electron chi connectivity index (χ0n) is 11.4. The van der Waals surface area contributed by atoms with Crippen LogP contribution in [0.2, 0.25) is 0 Å². The van der Waals surface area contributed by atoms with Gasteiger partial charge < -0.3 is 9.64 Å². The van der Waals surface area contributed by atoms with Gasteiger partial charge in [0.1, 0.15) is 0 Å². The van der Waals surface area contributed by atoms with Gasteiger partial charge in [-0.1, -0.05) is 12.5 Å². The summed E-state index contributed by atoms with van der Waals surface area (Å²) in [5.41, 5.74) is 0.822. The Bertz CT molecular complexity index is 309. The Kier molecular flexibility index (Phi) is 5.20. The molecule has 1 fully saturated rings. The molecular formula is C14H24N2O2. The maximum atomic E-state index is 11.5. The van der Waals surface area contributed by atoms with Gasteiger partial charge >= 0.3 is 5.97 Å². The molecule has 2 aliphatic heterocycles. The highest BCUT2D eigenvalue weighted by Crippen LogP contribution is 2.12. The Hall–Kier alpha value is -0.870. The van der Waals surface area contributed by atoms with Gasteiger partial charge in [0.2, 0.25) is 0 Å². The molecule has 2 rings (SSSR count). The van der Waals surface area contributed by atoms with Gasteiger partial charge in [0, 0.05) is 31.8 Å². The maximum Gasteiger partial charge on any atom is 0.334 e. The molecule has 0 radical (unpaired) electrons. The first-order chi connectivity index (χ1) is 8.79. The molecule has 0 aromatic carbocycles. The maximum absolute atomic E-state index is 11.5. The van der Waals surface area contributed by atoms with Gasteiger partial charge in [0.15, 0.2) is 0 Å². The fraction of sp³-hybridized carbons (Fsp3) is 0.786. The summed E-state index contributed by atoms with van der Waals surface area (Å²) in [5.74, 6) is -0.169. The summed E-state index contributed by atoms with van der Waals surface area (Å²) in [4.78, 5) is 16.4. The van der Waals surface area contributed by atoms with Crippen LogP contribution in [0.15, 0.2) is 11.6 Å². The number of carbonyl (C=O) groups excluding carboxylic acids is 1. The predicted molar refractivity (Wildman–Crippen MR) is 71.4 cm³/mol. The molecule has 2 heterocycles. The topological polar surface area (TPSA) is 32.8 Å². The first-order valence-electron chi connectivity index (χ1n) is 7.01. The molecular weight excluding hydrogens is 228 g/mol. The van der Waals surface area contributed by atoms with Crippen LogP contribution in [-0.4, -0.2) is 62.1 Å². The molecule has 0 saturated carbocycles. The number of nitrogens with zero attached hydrogens (tertiary/aromatic N) is 2. The van der Waals surface area contributed by atoms with E-state index in [1.807, 2.05) is 6.08 Å². The summed E-state index contributed by atoms with van der Waals surface area (Å²) in [6, 6.07) is 0. The van der Waals surface area contributed by atoms with Gasteiger partial charge in [-0.25, -0.2) is 4.79 Å². The normalized spacial score (nSPS) is 22.6. The van der Waals surface area contributed by atoms with Gasteiger partial charge in [0.25, 0.3) is 0 Å². The Morgan fingerprint density at radius 1 is 1.17 bits per heavy atom. The number of carbonyl (C=O) groups is 1. The molecule has 0 spiro atoms. The van der Waals surface area contributed by atoms with Crippen LogP contribution in [0.4, 0.5) is 0 Å². The fourth-order valence-electron chi connectivity index (χ4n) is 2.74. The molecule has 2 aliphatic rings. The number of ether oxygens (including phenoxy) is 1. The number of hydrogen-bond acceptors (Lipinski definition) is 4. The van der Waals surface area contributed by atoms with Gasteiger partial charge in [-0.3, -0.25) is 4.90 Å². The first kappa shape index (κ1) is 13.6. The smallest absolute Gasteiger partial charge is 0.334 e. The summed E-state index contributed by atoms with van der Waals surface area (Å²) in [7, 11) is 1.45. The van der Waals surface area contributed by atoms with Crippen LogP contribution in [-0.2, 0) is 9.53 Å². The molecule has 1 saturated heterocycles. The van der Waals surface area contributed by atoms with E-state index in [0.29, 0.717) is 0 Å². The van der Waals surface area contributed by atoms with E-state index < -0.39 is 0 Å². The summed E-state index contributed by atoms with van der Waals surface area (Å²) in [6.45, 7) is 6.50. The number of methoxy groups -OCH3 is 1. The molecule has 4 heteroatoms. The summed E-state index contributed by atoms with van der Waals surface area (Å²) in [6.07, 6.45) is 7.05. The van der Waals surface area contributed by atoms with Gasteiger partial charge in [-0.05, 0) is 32.4 Å². The lowest BCUT2D eigenvalue weighted by Crippen LogP contribution is -2.40. The minimum atomic E-state index is -0.169. The molecule has 18 heavy (non-hydrogen) atoms. The second-order valence-corrected chi connectivity index (χ2v) is 5.19. The fourth-order valence-corrected chi connectivity index (χ4v) is 2.74. The van der Waals surface area contributed by atoms with E-state index in [4.69, 9.17) is 4.74 Å². The van der Waals surface area contributed by atoms with E-state index in [2.05, 4.69) is 9.80 Å². The summed E-state index contributed by atoms with van der Waals surface area (Å²) >= 11 is 0. The van der Waals surface area contributed by atoms with E-state index in [9.17, 15) is 4.79 Å². The average molecular weight is 252 g/mol. The van der Waals surface area contributed by atoms with Crippen molar-refractivity contribution in [1.29, 1.82) is 0 Å². The van der Waals surface area contributed by atoms with Crippen LogP contribution in [0.5, 0.6) is 0 Å². The van der Waals surface area contributed by atoms with Gasteiger partial charge in [-0.2, -0.15) is 0 Å². The standard InChI is InChI=1S/C14H24N2O2/c1-18-14(17)13-6-5-9-16(12-13)11-10-15-7-3-2-4-8-15/h6H,2-5,7-12H2,1H3. The second kappa shape index (κ2) is 6.90. The van der Waals surface area contributed by atoms with Crippen LogP contribution < -0.4 is 0 Å². The Morgan fingerprint density at radius 3 is 2.61 bits per heavy atom. The van der Waals surface area contributed by atoms with Crippen molar-refractivity contribution in [2.24, 2.45) is 0 Å². The highest BCUT2D eigenvalue weighted by molar-refractivity contribution is 5.88. The number of hydrogen-bond donors (Lipinski definition) is 0. The molecule has 0 bridgehead atoms. The molecule has 4 nitrogen and oxygen atoms in total. The molecule has 0 unspecified atom stereocenters. The zero-order chi connectivity index (χ0) is 12.8. The van der Waals surface area contributed by atoms with Crippen molar-refractivity contribution in [1.82, 2.24) is 9.80 Å². The van der Waals surface area contributed by atoms with Crippen molar-refractivity contribution in [3.8, 4) is 0 Å². The Labute approximate surface area is 110 Å². The number of rotatable bonds is 4. The predicted octanol–water partition coefficient (Wildman–Crippen LogP) is 1.28. The van der Waals surface area contributed by atoms with Crippen LogP contribution in [0.3, 0.4) is 0 Å². The highest BCUT2D eigenvalue weighted by Gasteiger charge is 2.19. The Morgan fingerprint density at radius 2 is 1.89 bits per heavy atom. The van der Waals surface area contributed by atoms with Crippen molar-refractivity contribution >= 4 is 5.97 Å². The zero-order valence-corrected chi connectivity index (χ0v) is 11.4. The number of piperidine rings is 1. The van der Waals surface area contributed by atoms with E-state index in [1.54, 1.807) is 0 Å². The molecule has 0 aromatic rings. The minimum Gasteiger partial charge on any atom is -0.466 e. The van der Waals surface area contributed by atoms with E-state index >= 15 is 0 Å². The minimum absolute atomic E-state index is 0.169. The quantitative estimate of drug-likeness (QED) is 0.706. The van der Waals surface area contributed by atoms with Gasteiger partial charge in [-0.15, -0.1) is 0 Å². The molecule has 0 aromatic heterocycles. The van der Waals surface area contributed by atoms with Crippen molar-refractivity contribution in [2.75, 3.05) is 46.4 Å². The lowest BCUT2D eigenvalue weighted by molar-refractivity contribution is -0.136. The lowest BCUT2D eigenvalue weighted by atomic mass is 10.1. The number of esters is 1. The summed E-state index contributed by atoms with van der Waals surface area (Å²) < 4.78 is 4.79. The largest absolute Gasteiger partial charge is 0.466 e. The molecule has 0 amide bonds.